The zero-order valence-electron chi connectivity index (χ0n) is 16.5. The normalized spacial score (nSPS) is 16.2. The van der Waals surface area contributed by atoms with Crippen molar-refractivity contribution in [1.82, 2.24) is 19.6 Å². The number of halogens is 1. The Morgan fingerprint density at radius 1 is 1.04 bits per heavy atom. The minimum atomic E-state index is -0.244. The van der Waals surface area contributed by atoms with E-state index in [1.54, 1.807) is 12.1 Å². The fourth-order valence-electron chi connectivity index (χ4n) is 3.16. The lowest BCUT2D eigenvalue weighted by atomic mass is 10.2. The molecule has 0 bridgehead atoms. The molecule has 0 unspecified atom stereocenters. The minimum Gasteiger partial charge on any atom is -0.337 e. The Morgan fingerprint density at radius 3 is 2.23 bits per heavy atom. The van der Waals surface area contributed by atoms with E-state index in [4.69, 9.17) is 0 Å². The van der Waals surface area contributed by atoms with E-state index in [0.717, 1.165) is 51.4 Å². The van der Waals surface area contributed by atoms with Crippen molar-refractivity contribution >= 4 is 5.91 Å². The molecular formula is C20H33FN4O. The van der Waals surface area contributed by atoms with Crippen molar-refractivity contribution in [2.24, 2.45) is 0 Å². The number of hydrogen-bond donors (Lipinski definition) is 0. The summed E-state index contributed by atoms with van der Waals surface area (Å²) in [7, 11) is 4.02. The van der Waals surface area contributed by atoms with Crippen molar-refractivity contribution in [2.75, 3.05) is 66.5 Å². The number of carbonyl (C=O) groups excluding carboxylic acids is 1. The largest absolute Gasteiger partial charge is 0.337 e. The van der Waals surface area contributed by atoms with Crippen LogP contribution in [0.1, 0.15) is 18.9 Å². The van der Waals surface area contributed by atoms with Gasteiger partial charge in [-0.2, -0.15) is 0 Å². The summed E-state index contributed by atoms with van der Waals surface area (Å²) in [5.74, 6) is -0.0692. The van der Waals surface area contributed by atoms with Crippen LogP contribution in [0.15, 0.2) is 24.3 Å². The Hall–Kier alpha value is -1.50. The molecule has 0 N–H and O–H groups in total. The van der Waals surface area contributed by atoms with Gasteiger partial charge in [-0.1, -0.05) is 19.1 Å². The van der Waals surface area contributed by atoms with Crippen LogP contribution in [0.5, 0.6) is 0 Å². The third kappa shape index (κ3) is 7.02. The molecule has 1 amide bonds. The molecule has 1 aromatic carbocycles. The van der Waals surface area contributed by atoms with Gasteiger partial charge in [-0.25, -0.2) is 4.39 Å². The first-order valence-corrected chi connectivity index (χ1v) is 9.59. The molecule has 0 aromatic heterocycles. The zero-order valence-corrected chi connectivity index (χ0v) is 16.5. The molecule has 2 rings (SSSR count). The SMILES string of the molecule is CCN1CCN(CCC(=O)N(CCN(C)C)Cc2ccc(F)cc2)CC1. The van der Waals surface area contributed by atoms with Gasteiger partial charge < -0.3 is 19.6 Å². The summed E-state index contributed by atoms with van der Waals surface area (Å²) in [5.41, 5.74) is 0.968. The standard InChI is InChI=1S/C20H33FN4O/c1-4-23-12-14-24(15-13-23)10-9-20(26)25(16-11-22(2)3)17-18-5-7-19(21)8-6-18/h5-8H,4,9-17H2,1-3H3. The number of carbonyl (C=O) groups is 1. The maximum atomic E-state index is 13.1. The number of benzene rings is 1. The number of rotatable bonds is 9. The van der Waals surface area contributed by atoms with Crippen LogP contribution >= 0.6 is 0 Å². The molecule has 6 heteroatoms. The Labute approximate surface area is 157 Å². The Bertz CT molecular complexity index is 541. The van der Waals surface area contributed by atoms with Crippen LogP contribution in [0, 0.1) is 5.82 Å². The second-order valence-electron chi connectivity index (χ2n) is 7.27. The number of piperazine rings is 1. The zero-order chi connectivity index (χ0) is 18.9. The van der Waals surface area contributed by atoms with Gasteiger partial charge >= 0.3 is 0 Å². The maximum absolute atomic E-state index is 13.1. The highest BCUT2D eigenvalue weighted by Gasteiger charge is 2.19. The average molecular weight is 365 g/mol. The Kier molecular flexibility index (Phi) is 8.48. The molecule has 1 saturated heterocycles. The van der Waals surface area contributed by atoms with Crippen LogP contribution < -0.4 is 0 Å². The van der Waals surface area contributed by atoms with Gasteiger partial charge in [0.2, 0.25) is 5.91 Å². The lowest BCUT2D eigenvalue weighted by molar-refractivity contribution is -0.132. The lowest BCUT2D eigenvalue weighted by Gasteiger charge is -2.34. The lowest BCUT2D eigenvalue weighted by Crippen LogP contribution is -2.47. The number of likely N-dealkylation sites (N-methyl/N-ethyl adjacent to an activating group) is 2. The summed E-state index contributed by atoms with van der Waals surface area (Å²) in [6, 6.07) is 6.43. The average Bonchev–Trinajstić information content (AvgIpc) is 2.65. The van der Waals surface area contributed by atoms with E-state index in [1.807, 2.05) is 19.0 Å². The summed E-state index contributed by atoms with van der Waals surface area (Å²) in [6.45, 7) is 10.4. The van der Waals surface area contributed by atoms with Crippen molar-refractivity contribution in [3.8, 4) is 0 Å². The number of nitrogens with zero attached hydrogens (tertiary/aromatic N) is 4. The van der Waals surface area contributed by atoms with Crippen LogP contribution in [0.25, 0.3) is 0 Å². The van der Waals surface area contributed by atoms with E-state index in [1.165, 1.54) is 12.1 Å². The molecular weight excluding hydrogens is 331 g/mol. The predicted octanol–water partition coefficient (Wildman–Crippen LogP) is 1.74. The highest BCUT2D eigenvalue weighted by molar-refractivity contribution is 5.76. The van der Waals surface area contributed by atoms with Crippen molar-refractivity contribution < 1.29 is 9.18 Å². The first-order chi connectivity index (χ1) is 12.5. The van der Waals surface area contributed by atoms with E-state index >= 15 is 0 Å². The number of amides is 1. The molecule has 1 aliphatic heterocycles. The van der Waals surface area contributed by atoms with Crippen LogP contribution in [-0.4, -0.2) is 92.0 Å². The smallest absolute Gasteiger partial charge is 0.224 e. The second-order valence-corrected chi connectivity index (χ2v) is 7.27. The Morgan fingerprint density at radius 2 is 1.65 bits per heavy atom. The van der Waals surface area contributed by atoms with Gasteiger partial charge in [0.1, 0.15) is 5.82 Å². The summed E-state index contributed by atoms with van der Waals surface area (Å²) >= 11 is 0. The fraction of sp³-hybridized carbons (Fsp3) is 0.650. The third-order valence-corrected chi connectivity index (χ3v) is 5.01. The molecule has 1 aromatic rings. The number of hydrogen-bond acceptors (Lipinski definition) is 4. The minimum absolute atomic E-state index is 0.175. The van der Waals surface area contributed by atoms with Crippen LogP contribution in [0.4, 0.5) is 4.39 Å². The van der Waals surface area contributed by atoms with Gasteiger partial charge in [0.15, 0.2) is 0 Å². The molecule has 1 fully saturated rings. The molecule has 0 radical (unpaired) electrons. The molecule has 0 aliphatic carbocycles. The molecule has 1 aliphatic rings. The highest BCUT2D eigenvalue weighted by atomic mass is 19.1. The molecule has 146 valence electrons. The molecule has 0 spiro atoms. The summed E-state index contributed by atoms with van der Waals surface area (Å²) in [4.78, 5) is 21.6. The van der Waals surface area contributed by atoms with Gasteiger partial charge in [-0.05, 0) is 38.3 Å². The Balaban J connectivity index is 1.86. The second kappa shape index (κ2) is 10.6. The quantitative estimate of drug-likeness (QED) is 0.668. The van der Waals surface area contributed by atoms with Gasteiger partial charge in [-0.15, -0.1) is 0 Å². The first kappa shape index (κ1) is 20.8. The summed E-state index contributed by atoms with van der Waals surface area (Å²) in [6.07, 6.45) is 0.542. The van der Waals surface area contributed by atoms with Crippen molar-refractivity contribution in [3.05, 3.63) is 35.6 Å². The topological polar surface area (TPSA) is 30.0 Å². The van der Waals surface area contributed by atoms with Gasteiger partial charge in [-0.3, -0.25) is 4.79 Å². The molecule has 0 atom stereocenters. The molecule has 1 heterocycles. The van der Waals surface area contributed by atoms with E-state index in [-0.39, 0.29) is 11.7 Å². The molecule has 5 nitrogen and oxygen atoms in total. The van der Waals surface area contributed by atoms with Gasteiger partial charge in [0, 0.05) is 58.8 Å². The maximum Gasteiger partial charge on any atom is 0.224 e. The monoisotopic (exact) mass is 364 g/mol. The van der Waals surface area contributed by atoms with Gasteiger partial charge in [0.05, 0.1) is 0 Å². The predicted molar refractivity (Wildman–Crippen MR) is 104 cm³/mol. The molecule has 26 heavy (non-hydrogen) atoms. The first-order valence-electron chi connectivity index (χ1n) is 9.59. The van der Waals surface area contributed by atoms with Crippen molar-refractivity contribution in [1.29, 1.82) is 0 Å². The van der Waals surface area contributed by atoms with E-state index < -0.39 is 0 Å². The summed E-state index contributed by atoms with van der Waals surface area (Å²) < 4.78 is 13.1. The van der Waals surface area contributed by atoms with Crippen LogP contribution in [-0.2, 0) is 11.3 Å². The van der Waals surface area contributed by atoms with Crippen molar-refractivity contribution in [2.45, 2.75) is 19.9 Å². The summed E-state index contributed by atoms with van der Waals surface area (Å²) in [5, 5.41) is 0. The van der Waals surface area contributed by atoms with E-state index in [2.05, 4.69) is 21.6 Å². The third-order valence-electron chi connectivity index (χ3n) is 5.01. The highest BCUT2D eigenvalue weighted by Crippen LogP contribution is 2.09. The van der Waals surface area contributed by atoms with E-state index in [0.29, 0.717) is 19.5 Å². The van der Waals surface area contributed by atoms with Crippen LogP contribution in [0.2, 0.25) is 0 Å². The fourth-order valence-corrected chi connectivity index (χ4v) is 3.16. The molecule has 0 saturated carbocycles. The van der Waals surface area contributed by atoms with Gasteiger partial charge in [0.25, 0.3) is 0 Å². The van der Waals surface area contributed by atoms with E-state index in [9.17, 15) is 9.18 Å². The van der Waals surface area contributed by atoms with Crippen molar-refractivity contribution in [3.63, 3.8) is 0 Å². The van der Waals surface area contributed by atoms with Crippen LogP contribution in [0.3, 0.4) is 0 Å².